The van der Waals surface area contributed by atoms with Gasteiger partial charge in [-0.3, -0.25) is 0 Å². The average molecular weight is 352 g/mol. The van der Waals surface area contributed by atoms with Gasteiger partial charge in [-0.05, 0) is 38.8 Å². The van der Waals surface area contributed by atoms with Gasteiger partial charge in [0.1, 0.15) is 11.4 Å². The zero-order valence-electron chi connectivity index (χ0n) is 15.6. The topological polar surface area (TPSA) is 82.3 Å². The molecule has 1 atom stereocenters. The second-order valence-corrected chi connectivity index (χ2v) is 6.70. The minimum absolute atomic E-state index is 0.239. The van der Waals surface area contributed by atoms with Crippen LogP contribution in [0.2, 0.25) is 0 Å². The molecular weight excluding hydrogens is 320 g/mol. The number of furan rings is 1. The minimum atomic E-state index is -1.12. The van der Waals surface area contributed by atoms with Crippen molar-refractivity contribution in [3.63, 3.8) is 0 Å². The van der Waals surface area contributed by atoms with Gasteiger partial charge < -0.3 is 29.8 Å². The second kappa shape index (κ2) is 9.79. The third-order valence-electron chi connectivity index (χ3n) is 4.48. The van der Waals surface area contributed by atoms with Crippen LogP contribution in [0.4, 0.5) is 0 Å². The molecule has 25 heavy (non-hydrogen) atoms. The van der Waals surface area contributed by atoms with Gasteiger partial charge >= 0.3 is 0 Å². The number of piperidine rings is 1. The van der Waals surface area contributed by atoms with E-state index < -0.39 is 5.60 Å². The largest absolute Gasteiger partial charge is 0.466 e. The molecule has 1 unspecified atom stereocenters. The summed E-state index contributed by atoms with van der Waals surface area (Å²) in [6.45, 7) is 8.66. The molecule has 0 radical (unpaired) electrons. The molecule has 7 nitrogen and oxygen atoms in total. The Morgan fingerprint density at radius 1 is 1.48 bits per heavy atom. The predicted molar refractivity (Wildman–Crippen MR) is 98.7 cm³/mol. The van der Waals surface area contributed by atoms with Crippen LogP contribution < -0.4 is 10.6 Å². The number of aliphatic imine (C=N–C) groups is 1. The maximum absolute atomic E-state index is 10.5. The molecule has 2 heterocycles. The van der Waals surface area contributed by atoms with Crippen molar-refractivity contribution in [2.45, 2.75) is 38.3 Å². The normalized spacial score (nSPS) is 19.6. The number of hydrogen-bond acceptors (Lipinski definition) is 5. The molecule has 0 spiro atoms. The number of aliphatic hydroxyl groups is 1. The molecule has 2 rings (SSSR count). The third-order valence-corrected chi connectivity index (χ3v) is 4.48. The number of nitrogens with zero attached hydrogens (tertiary/aromatic N) is 2. The van der Waals surface area contributed by atoms with E-state index in [1.54, 1.807) is 32.4 Å². The third kappa shape index (κ3) is 6.34. The Hall–Kier alpha value is -1.57. The predicted octanol–water partition coefficient (Wildman–Crippen LogP) is 1.15. The van der Waals surface area contributed by atoms with Crippen molar-refractivity contribution in [3.05, 3.63) is 24.2 Å². The quantitative estimate of drug-likeness (QED) is 0.481. The molecular formula is C18H32N4O3. The average Bonchev–Trinajstić information content (AvgIpc) is 3.15. The van der Waals surface area contributed by atoms with Crippen LogP contribution in [-0.4, -0.2) is 68.4 Å². The van der Waals surface area contributed by atoms with Crippen molar-refractivity contribution < 1.29 is 14.3 Å². The fraction of sp³-hybridized carbons (Fsp3) is 0.722. The number of rotatable bonds is 8. The summed E-state index contributed by atoms with van der Waals surface area (Å²) in [6, 6.07) is 3.94. The van der Waals surface area contributed by atoms with Gasteiger partial charge in [0.05, 0.1) is 19.4 Å². The summed E-state index contributed by atoms with van der Waals surface area (Å²) in [5, 5.41) is 17.3. The van der Waals surface area contributed by atoms with E-state index in [4.69, 9.17) is 9.15 Å². The summed E-state index contributed by atoms with van der Waals surface area (Å²) < 4.78 is 10.5. The van der Waals surface area contributed by atoms with Crippen molar-refractivity contribution in [2.24, 2.45) is 4.99 Å². The molecule has 1 saturated heterocycles. The highest BCUT2D eigenvalue weighted by Gasteiger charge is 2.26. The number of hydrogen-bond donors (Lipinski definition) is 3. The maximum Gasteiger partial charge on any atom is 0.191 e. The van der Waals surface area contributed by atoms with Crippen molar-refractivity contribution in [1.29, 1.82) is 0 Å². The van der Waals surface area contributed by atoms with Gasteiger partial charge in [-0.1, -0.05) is 0 Å². The lowest BCUT2D eigenvalue weighted by atomic mass is 10.0. The zero-order chi connectivity index (χ0) is 18.1. The standard InChI is InChI=1S/C18H32N4O3/c1-4-19-17(20-14-18(2,23)16-6-5-12-25-16)21-15-7-9-22(10-8-15)11-13-24-3/h5-6,12,15,23H,4,7-11,13-14H2,1-3H3,(H2,19,20,21). The molecule has 7 heteroatoms. The number of methoxy groups -OCH3 is 1. The zero-order valence-corrected chi connectivity index (χ0v) is 15.6. The highest BCUT2D eigenvalue weighted by Crippen LogP contribution is 2.21. The summed E-state index contributed by atoms with van der Waals surface area (Å²) in [7, 11) is 1.74. The highest BCUT2D eigenvalue weighted by atomic mass is 16.5. The molecule has 1 aliphatic heterocycles. The lowest BCUT2D eigenvalue weighted by Gasteiger charge is -2.33. The van der Waals surface area contributed by atoms with E-state index in [0.717, 1.165) is 51.6 Å². The van der Waals surface area contributed by atoms with Crippen LogP contribution >= 0.6 is 0 Å². The molecule has 1 aromatic rings. The Kier molecular flexibility index (Phi) is 7.74. The van der Waals surface area contributed by atoms with E-state index in [1.165, 1.54) is 0 Å². The molecule has 1 fully saturated rings. The van der Waals surface area contributed by atoms with E-state index in [2.05, 4.69) is 20.5 Å². The van der Waals surface area contributed by atoms with Gasteiger partial charge in [0.2, 0.25) is 0 Å². The Morgan fingerprint density at radius 2 is 2.24 bits per heavy atom. The summed E-state index contributed by atoms with van der Waals surface area (Å²) in [5.41, 5.74) is -1.12. The van der Waals surface area contributed by atoms with Crippen LogP contribution in [0.3, 0.4) is 0 Å². The highest BCUT2D eigenvalue weighted by molar-refractivity contribution is 5.80. The fourth-order valence-electron chi connectivity index (χ4n) is 2.93. The van der Waals surface area contributed by atoms with E-state index >= 15 is 0 Å². The number of ether oxygens (including phenoxy) is 1. The van der Waals surface area contributed by atoms with Crippen molar-refractivity contribution in [1.82, 2.24) is 15.5 Å². The Morgan fingerprint density at radius 3 is 2.84 bits per heavy atom. The lowest BCUT2D eigenvalue weighted by molar-refractivity contribution is 0.0436. The fourth-order valence-corrected chi connectivity index (χ4v) is 2.93. The van der Waals surface area contributed by atoms with E-state index in [9.17, 15) is 5.11 Å². The lowest BCUT2D eigenvalue weighted by Crippen LogP contribution is -2.49. The summed E-state index contributed by atoms with van der Waals surface area (Å²) in [5.74, 6) is 1.27. The first-order valence-corrected chi connectivity index (χ1v) is 9.07. The summed E-state index contributed by atoms with van der Waals surface area (Å²) in [4.78, 5) is 6.98. The minimum Gasteiger partial charge on any atom is -0.466 e. The monoisotopic (exact) mass is 352 g/mol. The second-order valence-electron chi connectivity index (χ2n) is 6.70. The van der Waals surface area contributed by atoms with Crippen molar-refractivity contribution in [3.8, 4) is 0 Å². The molecule has 3 N–H and O–H groups in total. The van der Waals surface area contributed by atoms with Crippen LogP contribution in [0.1, 0.15) is 32.4 Å². The first-order chi connectivity index (χ1) is 12.0. The van der Waals surface area contributed by atoms with Gasteiger partial charge in [-0.2, -0.15) is 0 Å². The van der Waals surface area contributed by atoms with Gasteiger partial charge in [-0.25, -0.2) is 4.99 Å². The molecule has 0 aliphatic carbocycles. The van der Waals surface area contributed by atoms with Crippen LogP contribution in [0.25, 0.3) is 0 Å². The van der Waals surface area contributed by atoms with Gasteiger partial charge in [-0.15, -0.1) is 0 Å². The Labute approximate surface area is 150 Å². The Balaban J connectivity index is 1.86. The van der Waals surface area contributed by atoms with Crippen LogP contribution in [-0.2, 0) is 10.3 Å². The first kappa shape index (κ1) is 19.8. The van der Waals surface area contributed by atoms with Crippen molar-refractivity contribution in [2.75, 3.05) is 46.4 Å². The molecule has 142 valence electrons. The van der Waals surface area contributed by atoms with Crippen LogP contribution in [0.15, 0.2) is 27.8 Å². The van der Waals surface area contributed by atoms with E-state index in [1.807, 2.05) is 6.92 Å². The van der Waals surface area contributed by atoms with Gasteiger partial charge in [0.15, 0.2) is 5.96 Å². The smallest absolute Gasteiger partial charge is 0.191 e. The van der Waals surface area contributed by atoms with Gasteiger partial charge in [0.25, 0.3) is 0 Å². The van der Waals surface area contributed by atoms with Crippen LogP contribution in [0, 0.1) is 0 Å². The molecule has 0 aromatic carbocycles. The summed E-state index contributed by atoms with van der Waals surface area (Å²) >= 11 is 0. The molecule has 0 saturated carbocycles. The van der Waals surface area contributed by atoms with Crippen molar-refractivity contribution >= 4 is 5.96 Å². The molecule has 1 aliphatic rings. The maximum atomic E-state index is 10.5. The van der Waals surface area contributed by atoms with E-state index in [-0.39, 0.29) is 6.54 Å². The molecule has 1 aromatic heterocycles. The number of guanidine groups is 1. The van der Waals surface area contributed by atoms with Crippen LogP contribution in [0.5, 0.6) is 0 Å². The SMILES string of the molecule is CCNC(=NCC(C)(O)c1ccco1)NC1CCN(CCOC)CC1. The van der Waals surface area contributed by atoms with E-state index in [0.29, 0.717) is 11.8 Å². The number of nitrogens with one attached hydrogen (secondary N) is 2. The molecule has 0 bridgehead atoms. The molecule has 0 amide bonds. The first-order valence-electron chi connectivity index (χ1n) is 9.07. The van der Waals surface area contributed by atoms with Gasteiger partial charge in [0, 0.05) is 39.3 Å². The number of likely N-dealkylation sites (tertiary alicyclic amines) is 1. The Bertz CT molecular complexity index is 508. The summed E-state index contributed by atoms with van der Waals surface area (Å²) in [6.07, 6.45) is 3.71.